The predicted octanol–water partition coefficient (Wildman–Crippen LogP) is 4.92. The highest BCUT2D eigenvalue weighted by Gasteiger charge is 2.38. The van der Waals surface area contributed by atoms with E-state index in [0.29, 0.717) is 16.9 Å². The van der Waals surface area contributed by atoms with Crippen molar-refractivity contribution in [1.82, 2.24) is 10.2 Å². The van der Waals surface area contributed by atoms with Crippen LogP contribution in [0, 0.1) is 6.92 Å². The second-order valence-corrected chi connectivity index (χ2v) is 11.4. The molecule has 1 aliphatic heterocycles. The van der Waals surface area contributed by atoms with Crippen LogP contribution in [0.2, 0.25) is 0 Å². The maximum atomic E-state index is 14.0. The van der Waals surface area contributed by atoms with Crippen LogP contribution in [0.3, 0.4) is 0 Å². The van der Waals surface area contributed by atoms with Gasteiger partial charge in [0, 0.05) is 12.1 Å². The highest BCUT2D eigenvalue weighted by molar-refractivity contribution is 7.91. The molecule has 0 aliphatic carbocycles. The SMILES string of the molecule is COc1ccc(CN2C(=O)c3ccccc3-c3ccccc3C2C(=O)NCS(=O)(=O)c2ccc(C)cc2)cc1. The first kappa shape index (κ1) is 26.2. The normalized spacial score (nSPS) is 14.7. The molecule has 1 heterocycles. The Bertz CT molecular complexity index is 1630. The van der Waals surface area contributed by atoms with Crippen LogP contribution < -0.4 is 10.1 Å². The molecule has 1 unspecified atom stereocenters. The number of hydrogen-bond donors (Lipinski definition) is 1. The molecular formula is C31H28N2O5S. The van der Waals surface area contributed by atoms with Crippen LogP contribution in [-0.2, 0) is 21.2 Å². The van der Waals surface area contributed by atoms with Crippen molar-refractivity contribution in [2.24, 2.45) is 0 Å². The van der Waals surface area contributed by atoms with Crippen LogP contribution in [0.15, 0.2) is 102 Å². The molecule has 0 aromatic heterocycles. The molecule has 8 heteroatoms. The summed E-state index contributed by atoms with van der Waals surface area (Å²) in [5.74, 6) is -0.815. The molecule has 1 N–H and O–H groups in total. The Kier molecular flexibility index (Phi) is 7.21. The molecule has 4 aromatic rings. The molecule has 0 radical (unpaired) electrons. The van der Waals surface area contributed by atoms with Gasteiger partial charge in [-0.25, -0.2) is 8.42 Å². The Morgan fingerprint density at radius 2 is 1.46 bits per heavy atom. The van der Waals surface area contributed by atoms with E-state index < -0.39 is 27.7 Å². The third-order valence-electron chi connectivity index (χ3n) is 6.85. The lowest BCUT2D eigenvalue weighted by molar-refractivity contribution is -0.125. The number of methoxy groups -OCH3 is 1. The highest BCUT2D eigenvalue weighted by atomic mass is 32.2. The lowest BCUT2D eigenvalue weighted by Crippen LogP contribution is -2.44. The molecule has 5 rings (SSSR count). The van der Waals surface area contributed by atoms with Crippen LogP contribution >= 0.6 is 0 Å². The number of nitrogens with one attached hydrogen (secondary N) is 1. The summed E-state index contributed by atoms with van der Waals surface area (Å²) in [4.78, 5) is 29.5. The van der Waals surface area contributed by atoms with Gasteiger partial charge in [-0.1, -0.05) is 72.3 Å². The van der Waals surface area contributed by atoms with Gasteiger partial charge >= 0.3 is 0 Å². The lowest BCUT2D eigenvalue weighted by Gasteiger charge is -2.30. The quantitative estimate of drug-likeness (QED) is 0.359. The minimum Gasteiger partial charge on any atom is -0.497 e. The second kappa shape index (κ2) is 10.7. The fourth-order valence-electron chi connectivity index (χ4n) is 4.79. The monoisotopic (exact) mass is 540 g/mol. The zero-order valence-corrected chi connectivity index (χ0v) is 22.4. The minimum atomic E-state index is -3.80. The van der Waals surface area contributed by atoms with Gasteiger partial charge in [0.25, 0.3) is 5.91 Å². The fraction of sp³-hybridized carbons (Fsp3) is 0.161. The van der Waals surface area contributed by atoms with Gasteiger partial charge in [-0.2, -0.15) is 0 Å². The van der Waals surface area contributed by atoms with Crippen molar-refractivity contribution in [3.63, 3.8) is 0 Å². The molecule has 39 heavy (non-hydrogen) atoms. The molecule has 7 nitrogen and oxygen atoms in total. The Morgan fingerprint density at radius 3 is 2.13 bits per heavy atom. The number of aryl methyl sites for hydroxylation is 1. The average molecular weight is 541 g/mol. The molecule has 0 saturated heterocycles. The third kappa shape index (κ3) is 5.28. The first-order chi connectivity index (χ1) is 18.8. The Balaban J connectivity index is 1.54. The first-order valence-electron chi connectivity index (χ1n) is 12.5. The summed E-state index contributed by atoms with van der Waals surface area (Å²) in [6.45, 7) is 2.00. The number of benzene rings is 4. The van der Waals surface area contributed by atoms with Crippen molar-refractivity contribution in [1.29, 1.82) is 0 Å². The summed E-state index contributed by atoms with van der Waals surface area (Å²) < 4.78 is 31.3. The maximum Gasteiger partial charge on any atom is 0.255 e. The predicted molar refractivity (Wildman–Crippen MR) is 149 cm³/mol. The van der Waals surface area contributed by atoms with Crippen molar-refractivity contribution < 1.29 is 22.7 Å². The number of rotatable bonds is 7. The van der Waals surface area contributed by atoms with Gasteiger partial charge in [0.15, 0.2) is 9.84 Å². The van der Waals surface area contributed by atoms with Gasteiger partial charge in [-0.05, 0) is 59.5 Å². The van der Waals surface area contributed by atoms with Crippen LogP contribution in [0.5, 0.6) is 5.75 Å². The maximum absolute atomic E-state index is 14.0. The largest absolute Gasteiger partial charge is 0.497 e. The van der Waals surface area contributed by atoms with E-state index in [-0.39, 0.29) is 17.3 Å². The van der Waals surface area contributed by atoms with E-state index in [1.54, 1.807) is 43.5 Å². The van der Waals surface area contributed by atoms with Gasteiger partial charge in [0.1, 0.15) is 17.7 Å². The number of fused-ring (bicyclic) bond motifs is 3. The van der Waals surface area contributed by atoms with Crippen LogP contribution in [-0.4, -0.2) is 38.1 Å². The number of amides is 2. The van der Waals surface area contributed by atoms with E-state index in [4.69, 9.17) is 4.74 Å². The summed E-state index contributed by atoms with van der Waals surface area (Å²) in [5, 5.41) is 2.61. The molecule has 0 fully saturated rings. The van der Waals surface area contributed by atoms with Crippen molar-refractivity contribution in [2.75, 3.05) is 13.0 Å². The zero-order chi connectivity index (χ0) is 27.6. The van der Waals surface area contributed by atoms with Crippen molar-refractivity contribution in [3.8, 4) is 16.9 Å². The second-order valence-electron chi connectivity index (χ2n) is 9.43. The van der Waals surface area contributed by atoms with Crippen molar-refractivity contribution >= 4 is 21.7 Å². The molecule has 1 atom stereocenters. The van der Waals surface area contributed by atoms with Crippen LogP contribution in [0.25, 0.3) is 11.1 Å². The van der Waals surface area contributed by atoms with Gasteiger partial charge in [0.05, 0.1) is 12.0 Å². The first-order valence-corrected chi connectivity index (χ1v) is 14.1. The summed E-state index contributed by atoms with van der Waals surface area (Å²) in [7, 11) is -2.22. The van der Waals surface area contributed by atoms with Crippen LogP contribution in [0.1, 0.15) is 33.1 Å². The fourth-order valence-corrected chi connectivity index (χ4v) is 5.84. The average Bonchev–Trinajstić information content (AvgIpc) is 3.05. The van der Waals surface area contributed by atoms with E-state index in [0.717, 1.165) is 22.3 Å². The number of sulfone groups is 1. The molecule has 0 spiro atoms. The molecular weight excluding hydrogens is 512 g/mol. The van der Waals surface area contributed by atoms with Gasteiger partial charge < -0.3 is 15.0 Å². The highest BCUT2D eigenvalue weighted by Crippen LogP contribution is 2.39. The topological polar surface area (TPSA) is 92.8 Å². The number of hydrogen-bond acceptors (Lipinski definition) is 5. The van der Waals surface area contributed by atoms with E-state index in [1.165, 1.54) is 17.0 Å². The standard InChI is InChI=1S/C31H28N2O5S/c1-21-11-17-24(18-12-21)39(36,37)20-32-30(34)29-27-9-5-3-7-25(27)26-8-4-6-10-28(26)31(35)33(29)19-22-13-15-23(38-2)16-14-22/h3-18,29H,19-20H2,1-2H3,(H,32,34). The summed E-state index contributed by atoms with van der Waals surface area (Å²) >= 11 is 0. The van der Waals surface area contributed by atoms with Crippen molar-refractivity contribution in [2.45, 2.75) is 24.4 Å². The summed E-state index contributed by atoms with van der Waals surface area (Å²) in [5.41, 5.74) is 4.29. The summed E-state index contributed by atoms with van der Waals surface area (Å²) in [6, 6.07) is 27.3. The number of nitrogens with zero attached hydrogens (tertiary/aromatic N) is 1. The van der Waals surface area contributed by atoms with E-state index in [2.05, 4.69) is 5.32 Å². The minimum absolute atomic E-state index is 0.119. The van der Waals surface area contributed by atoms with E-state index >= 15 is 0 Å². The molecule has 2 amide bonds. The molecule has 4 aromatic carbocycles. The van der Waals surface area contributed by atoms with Gasteiger partial charge in [-0.15, -0.1) is 0 Å². The van der Waals surface area contributed by atoms with Crippen LogP contribution in [0.4, 0.5) is 0 Å². The number of carbonyl (C=O) groups excluding carboxylic acids is 2. The molecule has 0 bridgehead atoms. The smallest absolute Gasteiger partial charge is 0.255 e. The Hall–Kier alpha value is -4.43. The number of carbonyl (C=O) groups is 2. The zero-order valence-electron chi connectivity index (χ0n) is 21.6. The van der Waals surface area contributed by atoms with E-state index in [9.17, 15) is 18.0 Å². The third-order valence-corrected chi connectivity index (χ3v) is 8.37. The van der Waals surface area contributed by atoms with Gasteiger partial charge in [-0.3, -0.25) is 9.59 Å². The molecule has 198 valence electrons. The van der Waals surface area contributed by atoms with Crippen molar-refractivity contribution in [3.05, 3.63) is 119 Å². The van der Waals surface area contributed by atoms with Gasteiger partial charge in [0.2, 0.25) is 5.91 Å². The number of ether oxygens (including phenoxy) is 1. The van der Waals surface area contributed by atoms with E-state index in [1.807, 2.05) is 55.5 Å². The Labute approximate surface area is 228 Å². The molecule has 1 aliphatic rings. The summed E-state index contributed by atoms with van der Waals surface area (Å²) in [6.07, 6.45) is 0. The molecule has 0 saturated carbocycles. The Morgan fingerprint density at radius 1 is 0.846 bits per heavy atom. The lowest BCUT2D eigenvalue weighted by atomic mass is 9.93.